The zero-order chi connectivity index (χ0) is 13.8. The van der Waals surface area contributed by atoms with Crippen molar-refractivity contribution < 1.29 is 13.5 Å². The van der Waals surface area contributed by atoms with Crippen LogP contribution in [-0.4, -0.2) is 19.6 Å². The summed E-state index contributed by atoms with van der Waals surface area (Å²) in [5.74, 6) is 0.430. The molecule has 1 aromatic rings. The predicted octanol–water partition coefficient (Wildman–Crippen LogP) is 2.50. The Kier molecular flexibility index (Phi) is 5.16. The van der Waals surface area contributed by atoms with Crippen LogP contribution in [0.25, 0.3) is 0 Å². The van der Waals surface area contributed by atoms with Gasteiger partial charge in [0.2, 0.25) is 10.0 Å². The van der Waals surface area contributed by atoms with E-state index in [0.29, 0.717) is 5.92 Å². The summed E-state index contributed by atoms with van der Waals surface area (Å²) in [6, 6.07) is 5.56. The lowest BCUT2D eigenvalue weighted by Gasteiger charge is -2.17. The van der Waals surface area contributed by atoms with Crippen LogP contribution in [0.4, 0.5) is 0 Å². The summed E-state index contributed by atoms with van der Waals surface area (Å²) in [4.78, 5) is 0.0958. The largest absolute Gasteiger partial charge is 0.508 e. The third-order valence-electron chi connectivity index (χ3n) is 2.94. The first kappa shape index (κ1) is 15.0. The van der Waals surface area contributed by atoms with Crippen LogP contribution in [0.1, 0.15) is 33.6 Å². The molecule has 0 radical (unpaired) electrons. The number of hydrogen-bond acceptors (Lipinski definition) is 3. The molecule has 0 spiro atoms. The van der Waals surface area contributed by atoms with Gasteiger partial charge in [-0.1, -0.05) is 26.3 Å². The summed E-state index contributed by atoms with van der Waals surface area (Å²) in [6.07, 6.45) is 1.83. The van der Waals surface area contributed by atoms with Crippen molar-refractivity contribution in [2.45, 2.75) is 44.6 Å². The molecule has 0 aliphatic heterocycles. The van der Waals surface area contributed by atoms with Crippen LogP contribution in [0, 0.1) is 5.92 Å². The lowest BCUT2D eigenvalue weighted by molar-refractivity contribution is 0.445. The fourth-order valence-corrected chi connectivity index (χ4v) is 3.10. The summed E-state index contributed by atoms with van der Waals surface area (Å²) < 4.78 is 26.7. The van der Waals surface area contributed by atoms with E-state index in [2.05, 4.69) is 18.6 Å². The summed E-state index contributed by atoms with van der Waals surface area (Å²) in [5, 5.41) is 9.30. The standard InChI is InChI=1S/C13H21NO3S/c1-4-10(2)8-11(3)14-18(16,17)13-7-5-6-12(15)9-13/h5-7,9-11,14-15H,4,8H2,1-3H3. The summed E-state index contributed by atoms with van der Waals surface area (Å²) >= 11 is 0. The highest BCUT2D eigenvalue weighted by atomic mass is 32.2. The molecule has 0 saturated heterocycles. The lowest BCUT2D eigenvalue weighted by atomic mass is 10.0. The van der Waals surface area contributed by atoms with Crippen LogP contribution in [0.3, 0.4) is 0 Å². The quantitative estimate of drug-likeness (QED) is 0.835. The molecule has 0 fully saturated rings. The average Bonchev–Trinajstić information content (AvgIpc) is 2.28. The van der Waals surface area contributed by atoms with Crippen molar-refractivity contribution in [2.24, 2.45) is 5.92 Å². The molecule has 1 aromatic carbocycles. The maximum absolute atomic E-state index is 12.0. The van der Waals surface area contributed by atoms with Gasteiger partial charge in [0.15, 0.2) is 0 Å². The van der Waals surface area contributed by atoms with E-state index in [1.807, 2.05) is 6.92 Å². The van der Waals surface area contributed by atoms with Gasteiger partial charge >= 0.3 is 0 Å². The molecule has 2 atom stereocenters. The van der Waals surface area contributed by atoms with Crippen molar-refractivity contribution >= 4 is 10.0 Å². The molecule has 2 unspecified atom stereocenters. The highest BCUT2D eigenvalue weighted by Crippen LogP contribution is 2.17. The number of sulfonamides is 1. The number of hydrogen-bond donors (Lipinski definition) is 2. The molecule has 1 rings (SSSR count). The van der Waals surface area contributed by atoms with Crippen molar-refractivity contribution in [3.05, 3.63) is 24.3 Å². The van der Waals surface area contributed by atoms with Crippen LogP contribution in [0.5, 0.6) is 5.75 Å². The minimum Gasteiger partial charge on any atom is -0.508 e. The number of phenolic OH excluding ortho intramolecular Hbond substituents is 1. The number of benzene rings is 1. The molecule has 0 heterocycles. The van der Waals surface area contributed by atoms with Gasteiger partial charge in [-0.2, -0.15) is 0 Å². The molecule has 5 heteroatoms. The first-order valence-corrected chi connectivity index (χ1v) is 7.64. The first-order valence-electron chi connectivity index (χ1n) is 6.16. The number of phenols is 1. The molecule has 0 aliphatic carbocycles. The number of rotatable bonds is 6. The van der Waals surface area contributed by atoms with Gasteiger partial charge in [0.25, 0.3) is 0 Å². The zero-order valence-corrected chi connectivity index (χ0v) is 11.9. The van der Waals surface area contributed by atoms with Gasteiger partial charge in [-0.25, -0.2) is 13.1 Å². The van der Waals surface area contributed by atoms with Crippen molar-refractivity contribution in [1.29, 1.82) is 0 Å². The molecule has 0 aliphatic rings. The fraction of sp³-hybridized carbons (Fsp3) is 0.538. The first-order chi connectivity index (χ1) is 8.35. The highest BCUT2D eigenvalue weighted by Gasteiger charge is 2.18. The van der Waals surface area contributed by atoms with Crippen molar-refractivity contribution in [2.75, 3.05) is 0 Å². The average molecular weight is 271 g/mol. The van der Waals surface area contributed by atoms with Gasteiger partial charge in [-0.05, 0) is 37.5 Å². The molecule has 4 nitrogen and oxygen atoms in total. The maximum atomic E-state index is 12.0. The Balaban J connectivity index is 2.76. The third-order valence-corrected chi connectivity index (χ3v) is 4.52. The van der Waals surface area contributed by atoms with E-state index in [1.54, 1.807) is 0 Å². The molecule has 0 amide bonds. The summed E-state index contributed by atoms with van der Waals surface area (Å²) in [5.41, 5.74) is 0. The Bertz CT molecular complexity index is 485. The molecule has 0 bridgehead atoms. The van der Waals surface area contributed by atoms with E-state index in [-0.39, 0.29) is 16.7 Å². The van der Waals surface area contributed by atoms with E-state index < -0.39 is 10.0 Å². The number of nitrogens with one attached hydrogen (secondary N) is 1. The Labute approximate surface area is 109 Å². The topological polar surface area (TPSA) is 66.4 Å². The Morgan fingerprint density at radius 1 is 1.33 bits per heavy atom. The second-order valence-electron chi connectivity index (χ2n) is 4.77. The van der Waals surface area contributed by atoms with Crippen molar-refractivity contribution in [1.82, 2.24) is 4.72 Å². The van der Waals surface area contributed by atoms with E-state index in [4.69, 9.17) is 0 Å². The summed E-state index contributed by atoms with van der Waals surface area (Å²) in [6.45, 7) is 6.03. The van der Waals surface area contributed by atoms with Gasteiger partial charge in [-0.3, -0.25) is 0 Å². The van der Waals surface area contributed by atoms with E-state index in [0.717, 1.165) is 12.8 Å². The minimum absolute atomic E-state index is 0.0487. The molecular weight excluding hydrogens is 250 g/mol. The molecule has 0 aromatic heterocycles. The molecule has 18 heavy (non-hydrogen) atoms. The van der Waals surface area contributed by atoms with Crippen LogP contribution in [-0.2, 0) is 10.0 Å². The van der Waals surface area contributed by atoms with Gasteiger partial charge < -0.3 is 5.11 Å². The maximum Gasteiger partial charge on any atom is 0.240 e. The minimum atomic E-state index is -3.55. The Morgan fingerprint density at radius 3 is 2.56 bits per heavy atom. The zero-order valence-electron chi connectivity index (χ0n) is 11.1. The van der Waals surface area contributed by atoms with Crippen LogP contribution in [0.15, 0.2) is 29.2 Å². The Morgan fingerprint density at radius 2 is 2.00 bits per heavy atom. The van der Waals surface area contributed by atoms with E-state index >= 15 is 0 Å². The fourth-order valence-electron chi connectivity index (χ4n) is 1.80. The van der Waals surface area contributed by atoms with Crippen LogP contribution < -0.4 is 4.72 Å². The summed E-state index contributed by atoms with van der Waals surface area (Å²) in [7, 11) is -3.55. The van der Waals surface area contributed by atoms with Crippen molar-refractivity contribution in [3.63, 3.8) is 0 Å². The second-order valence-corrected chi connectivity index (χ2v) is 6.48. The van der Waals surface area contributed by atoms with Gasteiger partial charge in [0.1, 0.15) is 5.75 Å². The second kappa shape index (κ2) is 6.20. The predicted molar refractivity (Wildman–Crippen MR) is 72.0 cm³/mol. The normalized spacial score (nSPS) is 15.3. The molecule has 2 N–H and O–H groups in total. The smallest absolute Gasteiger partial charge is 0.240 e. The van der Waals surface area contributed by atoms with Gasteiger partial charge in [0.05, 0.1) is 4.90 Å². The number of aromatic hydroxyl groups is 1. The van der Waals surface area contributed by atoms with Crippen LogP contribution >= 0.6 is 0 Å². The monoisotopic (exact) mass is 271 g/mol. The van der Waals surface area contributed by atoms with Gasteiger partial charge in [0, 0.05) is 6.04 Å². The van der Waals surface area contributed by atoms with E-state index in [1.165, 1.54) is 24.3 Å². The van der Waals surface area contributed by atoms with Crippen LogP contribution in [0.2, 0.25) is 0 Å². The SMILES string of the molecule is CCC(C)CC(C)NS(=O)(=O)c1cccc(O)c1. The van der Waals surface area contributed by atoms with Crippen molar-refractivity contribution in [3.8, 4) is 5.75 Å². The molecular formula is C13H21NO3S. The highest BCUT2D eigenvalue weighted by molar-refractivity contribution is 7.89. The van der Waals surface area contributed by atoms with Gasteiger partial charge in [-0.15, -0.1) is 0 Å². The molecule has 0 saturated carbocycles. The third kappa shape index (κ3) is 4.31. The lowest BCUT2D eigenvalue weighted by Crippen LogP contribution is -2.33. The Hall–Kier alpha value is -1.07. The van der Waals surface area contributed by atoms with E-state index in [9.17, 15) is 13.5 Å². The molecule has 102 valence electrons.